The molecule has 1 aromatic rings. The number of aromatic nitrogens is 1. The first-order chi connectivity index (χ1) is 7.40. The van der Waals surface area contributed by atoms with Crippen LogP contribution in [0.4, 0.5) is 0 Å². The average molecular weight is 208 g/mol. The van der Waals surface area contributed by atoms with Crippen LogP contribution in [-0.2, 0) is 6.54 Å². The van der Waals surface area contributed by atoms with Gasteiger partial charge in [-0.25, -0.2) is 4.98 Å². The molecule has 1 aliphatic rings. The molecule has 1 saturated carbocycles. The van der Waals surface area contributed by atoms with Crippen LogP contribution >= 0.6 is 0 Å². The van der Waals surface area contributed by atoms with Gasteiger partial charge in [-0.3, -0.25) is 0 Å². The van der Waals surface area contributed by atoms with Crippen LogP contribution in [0, 0.1) is 0 Å². The minimum absolute atomic E-state index is 0.637. The maximum Gasteiger partial charge on any atom is 0.208 e. The summed E-state index contributed by atoms with van der Waals surface area (Å²) in [6.45, 7) is 3.95. The van der Waals surface area contributed by atoms with E-state index >= 15 is 0 Å². The highest BCUT2D eigenvalue weighted by Gasteiger charge is 2.20. The Labute approximate surface area is 91.3 Å². The quantitative estimate of drug-likeness (QED) is 0.756. The van der Waals surface area contributed by atoms with Gasteiger partial charge < -0.3 is 9.73 Å². The van der Waals surface area contributed by atoms with Gasteiger partial charge in [0, 0.05) is 5.92 Å². The molecule has 0 spiro atoms. The van der Waals surface area contributed by atoms with Gasteiger partial charge in [-0.1, -0.05) is 19.8 Å². The van der Waals surface area contributed by atoms with Crippen molar-refractivity contribution in [3.8, 4) is 0 Å². The van der Waals surface area contributed by atoms with Crippen molar-refractivity contribution in [1.29, 1.82) is 0 Å². The standard InChI is InChI=1S/C12H20N2O/c1-2-7-13-9-12-14-8-11(15-12)10-5-3-4-6-10/h8,10,13H,2-7,9H2,1H3. The van der Waals surface area contributed by atoms with Crippen molar-refractivity contribution in [2.24, 2.45) is 0 Å². The lowest BCUT2D eigenvalue weighted by atomic mass is 10.1. The van der Waals surface area contributed by atoms with Gasteiger partial charge in [-0.15, -0.1) is 0 Å². The molecule has 1 N–H and O–H groups in total. The summed E-state index contributed by atoms with van der Waals surface area (Å²) >= 11 is 0. The normalized spacial score (nSPS) is 17.4. The maximum atomic E-state index is 5.74. The van der Waals surface area contributed by atoms with Gasteiger partial charge in [0.1, 0.15) is 5.76 Å². The summed E-state index contributed by atoms with van der Waals surface area (Å²) in [6.07, 6.45) is 8.30. The number of oxazole rings is 1. The molecule has 1 fully saturated rings. The number of nitrogens with one attached hydrogen (secondary N) is 1. The fraction of sp³-hybridized carbons (Fsp3) is 0.750. The molecule has 0 amide bonds. The van der Waals surface area contributed by atoms with Gasteiger partial charge in [0.2, 0.25) is 5.89 Å². The average Bonchev–Trinajstić information content (AvgIpc) is 2.87. The van der Waals surface area contributed by atoms with Crippen molar-refractivity contribution < 1.29 is 4.42 Å². The van der Waals surface area contributed by atoms with Crippen molar-refractivity contribution >= 4 is 0 Å². The van der Waals surface area contributed by atoms with Crippen LogP contribution < -0.4 is 5.32 Å². The lowest BCUT2D eigenvalue weighted by Gasteiger charge is -2.03. The van der Waals surface area contributed by atoms with Crippen LogP contribution in [0.1, 0.15) is 56.6 Å². The Balaban J connectivity index is 1.86. The Bertz CT molecular complexity index is 290. The van der Waals surface area contributed by atoms with Crippen molar-refractivity contribution in [2.75, 3.05) is 6.54 Å². The van der Waals surface area contributed by atoms with Gasteiger partial charge in [0.05, 0.1) is 12.7 Å². The van der Waals surface area contributed by atoms with Crippen LogP contribution in [0.5, 0.6) is 0 Å². The van der Waals surface area contributed by atoms with Crippen molar-refractivity contribution in [2.45, 2.75) is 51.5 Å². The third-order valence-corrected chi connectivity index (χ3v) is 3.03. The van der Waals surface area contributed by atoms with Crippen molar-refractivity contribution in [3.05, 3.63) is 17.8 Å². The lowest BCUT2D eigenvalue weighted by molar-refractivity contribution is 0.411. The van der Waals surface area contributed by atoms with Crippen LogP contribution in [-0.4, -0.2) is 11.5 Å². The minimum Gasteiger partial charge on any atom is -0.444 e. The van der Waals surface area contributed by atoms with Gasteiger partial charge in [0.15, 0.2) is 0 Å². The van der Waals surface area contributed by atoms with E-state index in [2.05, 4.69) is 17.2 Å². The summed E-state index contributed by atoms with van der Waals surface area (Å²) in [4.78, 5) is 4.30. The summed E-state index contributed by atoms with van der Waals surface area (Å²) < 4.78 is 5.74. The highest BCUT2D eigenvalue weighted by atomic mass is 16.4. The summed E-state index contributed by atoms with van der Waals surface area (Å²) in [7, 11) is 0. The molecule has 0 atom stereocenters. The molecule has 15 heavy (non-hydrogen) atoms. The molecule has 0 radical (unpaired) electrons. The zero-order valence-corrected chi connectivity index (χ0v) is 9.46. The van der Waals surface area contributed by atoms with E-state index in [1.807, 2.05) is 6.20 Å². The van der Waals surface area contributed by atoms with Crippen LogP contribution in [0.25, 0.3) is 0 Å². The van der Waals surface area contributed by atoms with E-state index in [9.17, 15) is 0 Å². The first-order valence-corrected chi connectivity index (χ1v) is 6.05. The lowest BCUT2D eigenvalue weighted by Crippen LogP contribution is -2.13. The van der Waals surface area contributed by atoms with E-state index in [0.717, 1.165) is 31.2 Å². The highest BCUT2D eigenvalue weighted by Crippen LogP contribution is 2.34. The molecule has 1 aromatic heterocycles. The number of nitrogens with zero attached hydrogens (tertiary/aromatic N) is 1. The SMILES string of the molecule is CCCNCc1ncc(C2CCCC2)o1. The molecule has 84 valence electrons. The fourth-order valence-corrected chi connectivity index (χ4v) is 2.18. The largest absolute Gasteiger partial charge is 0.444 e. The molecular formula is C12H20N2O. The molecule has 0 aromatic carbocycles. The number of hydrogen-bond acceptors (Lipinski definition) is 3. The van der Waals surface area contributed by atoms with Crippen LogP contribution in [0.3, 0.4) is 0 Å². The molecule has 0 aliphatic heterocycles. The Morgan fingerprint density at radius 3 is 3.00 bits per heavy atom. The van der Waals surface area contributed by atoms with Crippen molar-refractivity contribution in [1.82, 2.24) is 10.3 Å². The van der Waals surface area contributed by atoms with E-state index < -0.39 is 0 Å². The van der Waals surface area contributed by atoms with E-state index in [-0.39, 0.29) is 0 Å². The van der Waals surface area contributed by atoms with E-state index in [0.29, 0.717) is 5.92 Å². The Morgan fingerprint density at radius 1 is 1.47 bits per heavy atom. The molecule has 3 heteroatoms. The zero-order chi connectivity index (χ0) is 10.5. The second kappa shape index (κ2) is 5.31. The molecule has 3 nitrogen and oxygen atoms in total. The predicted octanol–water partition coefficient (Wildman–Crippen LogP) is 2.83. The highest BCUT2D eigenvalue weighted by molar-refractivity contribution is 5.03. The maximum absolute atomic E-state index is 5.74. The molecule has 0 bridgehead atoms. The second-order valence-electron chi connectivity index (χ2n) is 4.31. The Hall–Kier alpha value is -0.830. The summed E-state index contributed by atoms with van der Waals surface area (Å²) in [5.41, 5.74) is 0. The molecule has 1 heterocycles. The van der Waals surface area contributed by atoms with E-state index in [4.69, 9.17) is 4.42 Å². The monoisotopic (exact) mass is 208 g/mol. The third-order valence-electron chi connectivity index (χ3n) is 3.03. The summed E-state index contributed by atoms with van der Waals surface area (Å²) in [5, 5.41) is 3.30. The topological polar surface area (TPSA) is 38.1 Å². The van der Waals surface area contributed by atoms with Gasteiger partial charge >= 0.3 is 0 Å². The fourth-order valence-electron chi connectivity index (χ4n) is 2.18. The van der Waals surface area contributed by atoms with Gasteiger partial charge in [0.25, 0.3) is 0 Å². The van der Waals surface area contributed by atoms with E-state index in [1.165, 1.54) is 25.7 Å². The van der Waals surface area contributed by atoms with Crippen LogP contribution in [0.15, 0.2) is 10.6 Å². The summed E-state index contributed by atoms with van der Waals surface area (Å²) in [5.74, 6) is 2.57. The Morgan fingerprint density at radius 2 is 2.27 bits per heavy atom. The molecule has 0 unspecified atom stereocenters. The molecule has 1 aliphatic carbocycles. The third kappa shape index (κ3) is 2.81. The zero-order valence-electron chi connectivity index (χ0n) is 9.46. The molecule has 2 rings (SSSR count). The predicted molar refractivity (Wildman–Crippen MR) is 59.7 cm³/mol. The summed E-state index contributed by atoms with van der Waals surface area (Å²) in [6, 6.07) is 0. The van der Waals surface area contributed by atoms with Gasteiger partial charge in [-0.2, -0.15) is 0 Å². The van der Waals surface area contributed by atoms with Crippen LogP contribution in [0.2, 0.25) is 0 Å². The first-order valence-electron chi connectivity index (χ1n) is 6.05. The second-order valence-corrected chi connectivity index (χ2v) is 4.31. The van der Waals surface area contributed by atoms with E-state index in [1.54, 1.807) is 0 Å². The number of hydrogen-bond donors (Lipinski definition) is 1. The first kappa shape index (κ1) is 10.7. The van der Waals surface area contributed by atoms with Crippen molar-refractivity contribution in [3.63, 3.8) is 0 Å². The minimum atomic E-state index is 0.637. The molecule has 0 saturated heterocycles. The Kier molecular flexibility index (Phi) is 3.78. The smallest absolute Gasteiger partial charge is 0.208 e. The number of rotatable bonds is 5. The molecular weight excluding hydrogens is 188 g/mol. The van der Waals surface area contributed by atoms with Gasteiger partial charge in [-0.05, 0) is 25.8 Å².